The molecule has 118 valence electrons. The molecule has 0 radical (unpaired) electrons. The monoisotopic (exact) mass is 306 g/mol. The summed E-state index contributed by atoms with van der Waals surface area (Å²) in [7, 11) is 0. The van der Waals surface area contributed by atoms with E-state index in [1.807, 2.05) is 0 Å². The second kappa shape index (κ2) is 4.86. The van der Waals surface area contributed by atoms with Crippen LogP contribution in [0.15, 0.2) is 23.3 Å². The summed E-state index contributed by atoms with van der Waals surface area (Å²) in [5.74, 6) is -1.55. The molecule has 2 aliphatic carbocycles. The third-order valence-electron chi connectivity index (χ3n) is 5.93. The summed E-state index contributed by atoms with van der Waals surface area (Å²) >= 11 is 0. The minimum Gasteiger partial charge on any atom is -0.267 e. The Bertz CT molecular complexity index is 648. The van der Waals surface area contributed by atoms with Crippen LogP contribution in [0, 0.1) is 28.4 Å². The van der Waals surface area contributed by atoms with Crippen molar-refractivity contribution in [3.05, 3.63) is 35.4 Å². The van der Waals surface area contributed by atoms with Crippen LogP contribution in [0.2, 0.25) is 0 Å². The van der Waals surface area contributed by atoms with Crippen molar-refractivity contribution in [1.82, 2.24) is 5.43 Å². The lowest BCUT2D eigenvalue weighted by atomic mass is 9.70. The third kappa shape index (κ3) is 2.14. The Morgan fingerprint density at radius 3 is 2.36 bits per heavy atom. The van der Waals surface area contributed by atoms with E-state index in [1.54, 1.807) is 0 Å². The van der Waals surface area contributed by atoms with Crippen molar-refractivity contribution >= 4 is 11.6 Å². The molecule has 22 heavy (non-hydrogen) atoms. The van der Waals surface area contributed by atoms with Crippen LogP contribution in [0.3, 0.4) is 0 Å². The maximum absolute atomic E-state index is 13.2. The van der Waals surface area contributed by atoms with Gasteiger partial charge in [-0.1, -0.05) is 20.8 Å². The van der Waals surface area contributed by atoms with Crippen LogP contribution in [-0.4, -0.2) is 11.6 Å². The van der Waals surface area contributed by atoms with E-state index in [0.29, 0.717) is 5.92 Å². The van der Waals surface area contributed by atoms with Crippen molar-refractivity contribution in [2.45, 2.75) is 40.0 Å². The number of hydrazone groups is 1. The highest BCUT2D eigenvalue weighted by molar-refractivity contribution is 5.98. The Balaban J connectivity index is 1.79. The molecule has 0 spiro atoms. The summed E-state index contributed by atoms with van der Waals surface area (Å²) in [6, 6.07) is 2.75. The quantitative estimate of drug-likeness (QED) is 0.827. The molecule has 3 nitrogen and oxygen atoms in total. The first-order valence-corrected chi connectivity index (χ1v) is 7.57. The minimum atomic E-state index is -0.772. The Labute approximate surface area is 128 Å². The van der Waals surface area contributed by atoms with Gasteiger partial charge in [-0.2, -0.15) is 5.10 Å². The molecule has 2 aliphatic rings. The van der Waals surface area contributed by atoms with Crippen LogP contribution >= 0.6 is 0 Å². The first-order chi connectivity index (χ1) is 10.2. The number of hydrogen-bond donors (Lipinski definition) is 1. The highest BCUT2D eigenvalue weighted by Gasteiger charge is 2.59. The Hall–Kier alpha value is -1.78. The molecule has 0 unspecified atom stereocenters. The van der Waals surface area contributed by atoms with E-state index in [4.69, 9.17) is 0 Å². The van der Waals surface area contributed by atoms with Gasteiger partial charge in [0.15, 0.2) is 0 Å². The Morgan fingerprint density at radius 2 is 1.86 bits per heavy atom. The van der Waals surface area contributed by atoms with Crippen LogP contribution in [0.4, 0.5) is 8.78 Å². The van der Waals surface area contributed by atoms with Gasteiger partial charge in [-0.05, 0) is 42.7 Å². The number of rotatable bonds is 2. The number of amides is 1. The van der Waals surface area contributed by atoms with Gasteiger partial charge in [0.05, 0.1) is 0 Å². The zero-order valence-electron chi connectivity index (χ0n) is 13.0. The fraction of sp³-hybridized carbons (Fsp3) is 0.529. The molecule has 2 fully saturated rings. The van der Waals surface area contributed by atoms with Crippen molar-refractivity contribution in [3.63, 3.8) is 0 Å². The summed E-state index contributed by atoms with van der Waals surface area (Å²) in [5, 5.41) is 4.28. The number of benzene rings is 1. The molecule has 1 aromatic carbocycles. The van der Waals surface area contributed by atoms with E-state index in [-0.39, 0.29) is 16.4 Å². The number of carbonyl (C=O) groups excluding carboxylic acids is 1. The second-order valence-electron chi connectivity index (χ2n) is 7.15. The van der Waals surface area contributed by atoms with Gasteiger partial charge in [0, 0.05) is 22.8 Å². The highest BCUT2D eigenvalue weighted by atomic mass is 19.1. The summed E-state index contributed by atoms with van der Waals surface area (Å²) in [5.41, 5.74) is 3.54. The molecule has 0 aromatic heterocycles. The van der Waals surface area contributed by atoms with Crippen molar-refractivity contribution < 1.29 is 13.6 Å². The van der Waals surface area contributed by atoms with Gasteiger partial charge in [0.1, 0.15) is 11.6 Å². The molecule has 2 bridgehead atoms. The van der Waals surface area contributed by atoms with Gasteiger partial charge in [-0.15, -0.1) is 0 Å². The predicted octanol–water partition coefficient (Wildman–Crippen LogP) is 3.90. The van der Waals surface area contributed by atoms with Gasteiger partial charge in [0.25, 0.3) is 5.91 Å². The maximum Gasteiger partial charge on any atom is 0.271 e. The lowest BCUT2D eigenvalue weighted by Gasteiger charge is -2.34. The number of carbonyl (C=O) groups is 1. The van der Waals surface area contributed by atoms with Crippen molar-refractivity contribution in [3.8, 4) is 0 Å². The summed E-state index contributed by atoms with van der Waals surface area (Å²) in [4.78, 5) is 12.0. The number of halogens is 2. The zero-order valence-corrected chi connectivity index (χ0v) is 13.0. The number of fused-ring (bicyclic) bond motifs is 2. The topological polar surface area (TPSA) is 41.5 Å². The van der Waals surface area contributed by atoms with Crippen molar-refractivity contribution in [1.29, 1.82) is 0 Å². The first kappa shape index (κ1) is 15.1. The Kier molecular flexibility index (Phi) is 3.34. The molecule has 2 atom stereocenters. The number of hydrogen-bond acceptors (Lipinski definition) is 2. The molecule has 0 heterocycles. The second-order valence-corrected chi connectivity index (χ2v) is 7.15. The fourth-order valence-corrected chi connectivity index (χ4v) is 3.97. The lowest BCUT2D eigenvalue weighted by Crippen LogP contribution is -2.34. The van der Waals surface area contributed by atoms with E-state index >= 15 is 0 Å². The van der Waals surface area contributed by atoms with Gasteiger partial charge < -0.3 is 0 Å². The molecule has 0 aliphatic heterocycles. The fourth-order valence-electron chi connectivity index (χ4n) is 3.97. The van der Waals surface area contributed by atoms with E-state index in [9.17, 15) is 13.6 Å². The van der Waals surface area contributed by atoms with Crippen LogP contribution in [0.25, 0.3) is 0 Å². The van der Waals surface area contributed by atoms with E-state index < -0.39 is 17.5 Å². The highest BCUT2D eigenvalue weighted by Crippen LogP contribution is 2.63. The molecule has 5 heteroatoms. The van der Waals surface area contributed by atoms with E-state index in [2.05, 4.69) is 31.3 Å². The van der Waals surface area contributed by atoms with E-state index in [1.165, 1.54) is 6.42 Å². The van der Waals surface area contributed by atoms with Gasteiger partial charge >= 0.3 is 0 Å². The molecule has 0 saturated heterocycles. The first-order valence-electron chi connectivity index (χ1n) is 7.57. The number of nitrogens with zero attached hydrogens (tertiary/aromatic N) is 1. The normalized spacial score (nSPS) is 30.8. The van der Waals surface area contributed by atoms with Crippen LogP contribution < -0.4 is 5.43 Å². The maximum atomic E-state index is 13.2. The smallest absolute Gasteiger partial charge is 0.267 e. The van der Waals surface area contributed by atoms with Crippen LogP contribution in [-0.2, 0) is 0 Å². The molecule has 1 aromatic rings. The minimum absolute atomic E-state index is 0.0157. The van der Waals surface area contributed by atoms with Gasteiger partial charge in [-0.25, -0.2) is 14.2 Å². The average Bonchev–Trinajstić information content (AvgIpc) is 2.76. The van der Waals surface area contributed by atoms with Crippen molar-refractivity contribution in [2.75, 3.05) is 0 Å². The molecule has 1 amide bonds. The average molecular weight is 306 g/mol. The largest absolute Gasteiger partial charge is 0.271 e. The molecule has 3 rings (SSSR count). The number of nitrogens with one attached hydrogen (secondary N) is 1. The van der Waals surface area contributed by atoms with Crippen molar-refractivity contribution in [2.24, 2.45) is 21.8 Å². The third-order valence-corrected chi connectivity index (χ3v) is 5.93. The SMILES string of the molecule is CC1(C)[C@H]2CC[C@@]1(C)/C(=N/NC(=O)c1cc(F)cc(F)c1)C2. The standard InChI is InChI=1S/C17H20F2N2O/c1-16(2)11-4-5-17(16,3)14(8-11)20-21-15(22)10-6-12(18)9-13(19)7-10/h6-7,9,11H,4-5,8H2,1-3H3,(H,21,22)/b20-14+/t11-,17-/m0/s1. The van der Waals surface area contributed by atoms with Crippen LogP contribution in [0.5, 0.6) is 0 Å². The zero-order chi connectivity index (χ0) is 16.1. The Morgan fingerprint density at radius 1 is 1.23 bits per heavy atom. The molecular formula is C17H20F2N2O. The molecule has 1 N–H and O–H groups in total. The lowest BCUT2D eigenvalue weighted by molar-refractivity contribution is 0.0953. The predicted molar refractivity (Wildman–Crippen MR) is 80.5 cm³/mol. The summed E-state index contributed by atoms with van der Waals surface area (Å²) in [6.07, 6.45) is 3.13. The molecular weight excluding hydrogens is 286 g/mol. The molecule has 2 saturated carbocycles. The van der Waals surface area contributed by atoms with Gasteiger partial charge in [-0.3, -0.25) is 4.79 Å². The summed E-state index contributed by atoms with van der Waals surface area (Å²) in [6.45, 7) is 6.68. The summed E-state index contributed by atoms with van der Waals surface area (Å²) < 4.78 is 26.3. The van der Waals surface area contributed by atoms with Crippen LogP contribution in [0.1, 0.15) is 50.4 Å². The van der Waals surface area contributed by atoms with Gasteiger partial charge in [0.2, 0.25) is 0 Å². The van der Waals surface area contributed by atoms with E-state index in [0.717, 1.165) is 36.8 Å².